The minimum Gasteiger partial charge on any atom is -0.308 e. The molecule has 1 saturated carbocycles. The third-order valence-corrected chi connectivity index (χ3v) is 4.97. The van der Waals surface area contributed by atoms with Gasteiger partial charge in [0.15, 0.2) is 0 Å². The second kappa shape index (κ2) is 5.26. The third-order valence-electron chi connectivity index (χ3n) is 4.97. The Labute approximate surface area is 117 Å². The fourth-order valence-electron chi connectivity index (χ4n) is 3.35. The maximum atomic E-state index is 3.79. The van der Waals surface area contributed by atoms with Gasteiger partial charge in [0.2, 0.25) is 0 Å². The summed E-state index contributed by atoms with van der Waals surface area (Å²) in [5.74, 6) is 0.916. The highest BCUT2D eigenvalue weighted by molar-refractivity contribution is 5.15. The Hall–Kier alpha value is -0.860. The molecule has 1 saturated heterocycles. The van der Waals surface area contributed by atoms with Gasteiger partial charge in [0, 0.05) is 31.2 Å². The van der Waals surface area contributed by atoms with Crippen LogP contribution in [-0.4, -0.2) is 36.1 Å². The molecule has 2 fully saturated rings. The van der Waals surface area contributed by atoms with Crippen LogP contribution in [0, 0.1) is 5.92 Å². The van der Waals surface area contributed by atoms with Crippen molar-refractivity contribution in [3.05, 3.63) is 35.9 Å². The van der Waals surface area contributed by atoms with Crippen LogP contribution in [0.4, 0.5) is 0 Å². The normalized spacial score (nSPS) is 32.4. The number of hydrogen-bond donors (Lipinski definition) is 1. The second-order valence-corrected chi connectivity index (χ2v) is 6.63. The van der Waals surface area contributed by atoms with Crippen molar-refractivity contribution in [1.82, 2.24) is 10.2 Å². The predicted octanol–water partition coefficient (Wildman–Crippen LogP) is 2.69. The molecule has 1 heterocycles. The molecule has 3 rings (SSSR count). The van der Waals surface area contributed by atoms with Crippen molar-refractivity contribution in [1.29, 1.82) is 0 Å². The molecule has 2 aliphatic rings. The van der Waals surface area contributed by atoms with Crippen LogP contribution in [0.5, 0.6) is 0 Å². The number of hydrogen-bond acceptors (Lipinski definition) is 2. The van der Waals surface area contributed by atoms with Crippen LogP contribution in [0.1, 0.15) is 32.3 Å². The maximum Gasteiger partial charge on any atom is 0.0309 e. The standard InChI is InChI=1S/C17H26N2/c1-14-12-18-17(2,16-8-9-16)13-19(14)11-10-15-6-4-3-5-7-15/h3-7,14,16,18H,8-13H2,1-2H3. The van der Waals surface area contributed by atoms with E-state index in [1.807, 2.05) is 0 Å². The highest BCUT2D eigenvalue weighted by Gasteiger charge is 2.44. The molecule has 1 aromatic rings. The summed E-state index contributed by atoms with van der Waals surface area (Å²) in [6.45, 7) is 8.32. The summed E-state index contributed by atoms with van der Waals surface area (Å²) in [4.78, 5) is 2.68. The van der Waals surface area contributed by atoms with Gasteiger partial charge in [-0.1, -0.05) is 30.3 Å². The number of piperazine rings is 1. The van der Waals surface area contributed by atoms with Crippen LogP contribution in [-0.2, 0) is 6.42 Å². The number of benzene rings is 1. The van der Waals surface area contributed by atoms with Gasteiger partial charge in [0.25, 0.3) is 0 Å². The van der Waals surface area contributed by atoms with Crippen molar-refractivity contribution < 1.29 is 0 Å². The number of rotatable bonds is 4. The lowest BCUT2D eigenvalue weighted by Gasteiger charge is -2.45. The van der Waals surface area contributed by atoms with E-state index in [1.54, 1.807) is 0 Å². The first-order valence-corrected chi connectivity index (χ1v) is 7.70. The van der Waals surface area contributed by atoms with E-state index in [1.165, 1.54) is 37.9 Å². The molecule has 1 N–H and O–H groups in total. The molecular formula is C17H26N2. The number of nitrogens with zero attached hydrogens (tertiary/aromatic N) is 1. The van der Waals surface area contributed by atoms with E-state index in [-0.39, 0.29) is 0 Å². The second-order valence-electron chi connectivity index (χ2n) is 6.63. The maximum absolute atomic E-state index is 3.79. The summed E-state index contributed by atoms with van der Waals surface area (Å²) in [7, 11) is 0. The first-order valence-electron chi connectivity index (χ1n) is 7.70. The minimum absolute atomic E-state index is 0.364. The van der Waals surface area contributed by atoms with Gasteiger partial charge >= 0.3 is 0 Å². The van der Waals surface area contributed by atoms with Gasteiger partial charge in [-0.05, 0) is 44.6 Å². The zero-order valence-corrected chi connectivity index (χ0v) is 12.2. The van der Waals surface area contributed by atoms with Crippen molar-refractivity contribution in [2.45, 2.75) is 44.7 Å². The van der Waals surface area contributed by atoms with E-state index in [2.05, 4.69) is 54.4 Å². The lowest BCUT2D eigenvalue weighted by molar-refractivity contribution is 0.0844. The molecule has 0 bridgehead atoms. The molecule has 0 radical (unpaired) electrons. The van der Waals surface area contributed by atoms with Crippen LogP contribution in [0.25, 0.3) is 0 Å². The van der Waals surface area contributed by atoms with Gasteiger partial charge in [-0.15, -0.1) is 0 Å². The molecule has 0 amide bonds. The summed E-state index contributed by atoms with van der Waals surface area (Å²) in [6.07, 6.45) is 4.01. The van der Waals surface area contributed by atoms with Gasteiger partial charge in [-0.3, -0.25) is 4.90 Å². The minimum atomic E-state index is 0.364. The van der Waals surface area contributed by atoms with Gasteiger partial charge in [-0.25, -0.2) is 0 Å². The van der Waals surface area contributed by atoms with Crippen LogP contribution in [0.3, 0.4) is 0 Å². The van der Waals surface area contributed by atoms with Crippen LogP contribution in [0.15, 0.2) is 30.3 Å². The first kappa shape index (κ1) is 13.1. The van der Waals surface area contributed by atoms with Crippen LogP contribution >= 0.6 is 0 Å². The average molecular weight is 258 g/mol. The molecule has 2 heteroatoms. The fraction of sp³-hybridized carbons (Fsp3) is 0.647. The molecule has 0 aromatic heterocycles. The largest absolute Gasteiger partial charge is 0.308 e. The van der Waals surface area contributed by atoms with Gasteiger partial charge < -0.3 is 5.32 Å². The summed E-state index contributed by atoms with van der Waals surface area (Å²) < 4.78 is 0. The molecule has 2 nitrogen and oxygen atoms in total. The Kier molecular flexibility index (Phi) is 3.64. The molecule has 19 heavy (non-hydrogen) atoms. The quantitative estimate of drug-likeness (QED) is 0.893. The molecule has 1 aliphatic heterocycles. The van der Waals surface area contributed by atoms with Gasteiger partial charge in [0.1, 0.15) is 0 Å². The molecule has 2 unspecified atom stereocenters. The molecule has 1 aliphatic carbocycles. The van der Waals surface area contributed by atoms with E-state index in [0.29, 0.717) is 11.6 Å². The van der Waals surface area contributed by atoms with E-state index >= 15 is 0 Å². The van der Waals surface area contributed by atoms with Crippen molar-refractivity contribution in [2.75, 3.05) is 19.6 Å². The molecule has 2 atom stereocenters. The van der Waals surface area contributed by atoms with Crippen molar-refractivity contribution >= 4 is 0 Å². The smallest absolute Gasteiger partial charge is 0.0309 e. The summed E-state index contributed by atoms with van der Waals surface area (Å²) in [5, 5.41) is 3.79. The van der Waals surface area contributed by atoms with Gasteiger partial charge in [-0.2, -0.15) is 0 Å². The lowest BCUT2D eigenvalue weighted by atomic mass is 9.91. The van der Waals surface area contributed by atoms with E-state index in [9.17, 15) is 0 Å². The summed E-state index contributed by atoms with van der Waals surface area (Å²) >= 11 is 0. The Morgan fingerprint density at radius 2 is 2.00 bits per heavy atom. The Balaban J connectivity index is 1.59. The Morgan fingerprint density at radius 1 is 1.26 bits per heavy atom. The molecule has 1 aromatic carbocycles. The molecular weight excluding hydrogens is 232 g/mol. The zero-order valence-electron chi connectivity index (χ0n) is 12.2. The van der Waals surface area contributed by atoms with Crippen molar-refractivity contribution in [3.8, 4) is 0 Å². The predicted molar refractivity (Wildman–Crippen MR) is 80.3 cm³/mol. The topological polar surface area (TPSA) is 15.3 Å². The highest BCUT2D eigenvalue weighted by Crippen LogP contribution is 2.41. The third kappa shape index (κ3) is 3.01. The first-order chi connectivity index (χ1) is 9.17. The van der Waals surface area contributed by atoms with E-state index in [4.69, 9.17) is 0 Å². The summed E-state index contributed by atoms with van der Waals surface area (Å²) in [5.41, 5.74) is 1.82. The molecule has 104 valence electrons. The Bertz CT molecular complexity index is 413. The van der Waals surface area contributed by atoms with Gasteiger partial charge in [0.05, 0.1) is 0 Å². The van der Waals surface area contributed by atoms with Crippen molar-refractivity contribution in [2.24, 2.45) is 5.92 Å². The fourth-order valence-corrected chi connectivity index (χ4v) is 3.35. The zero-order chi connectivity index (χ0) is 13.3. The SMILES string of the molecule is CC1CNC(C)(C2CC2)CN1CCc1ccccc1. The highest BCUT2D eigenvalue weighted by atomic mass is 15.2. The van der Waals surface area contributed by atoms with Crippen LogP contribution < -0.4 is 5.32 Å². The average Bonchev–Trinajstić information content (AvgIpc) is 3.26. The van der Waals surface area contributed by atoms with Crippen molar-refractivity contribution in [3.63, 3.8) is 0 Å². The monoisotopic (exact) mass is 258 g/mol. The Morgan fingerprint density at radius 3 is 2.68 bits per heavy atom. The summed E-state index contributed by atoms with van der Waals surface area (Å²) in [6, 6.07) is 11.5. The van der Waals surface area contributed by atoms with E-state index < -0.39 is 0 Å². The number of nitrogens with one attached hydrogen (secondary N) is 1. The van der Waals surface area contributed by atoms with E-state index in [0.717, 1.165) is 12.5 Å². The van der Waals surface area contributed by atoms with Crippen LogP contribution in [0.2, 0.25) is 0 Å². The molecule has 0 spiro atoms. The lowest BCUT2D eigenvalue weighted by Crippen LogP contribution is -2.63.